The standard InChI is InChI=1S/C21H36N2O4/c1-15(2)19-12-17(13-21(25)23-6-9-27-10-7-23)16(3)11-18(19)14-22-20(24)5-8-26-4/h11,15,17-19H,5-10,12-14H2,1-4H3,(H,22,24). The molecule has 1 N–H and O–H groups in total. The zero-order valence-corrected chi connectivity index (χ0v) is 17.3. The van der Waals surface area contributed by atoms with Crippen molar-refractivity contribution >= 4 is 11.8 Å². The highest BCUT2D eigenvalue weighted by molar-refractivity contribution is 5.77. The van der Waals surface area contributed by atoms with Crippen LogP contribution in [0, 0.1) is 23.7 Å². The van der Waals surface area contributed by atoms with Crippen molar-refractivity contribution in [1.82, 2.24) is 10.2 Å². The van der Waals surface area contributed by atoms with E-state index in [1.165, 1.54) is 5.57 Å². The van der Waals surface area contributed by atoms with Crippen LogP contribution < -0.4 is 5.32 Å². The number of amides is 2. The molecular weight excluding hydrogens is 344 g/mol. The topological polar surface area (TPSA) is 67.9 Å². The van der Waals surface area contributed by atoms with Gasteiger partial charge in [-0.15, -0.1) is 0 Å². The van der Waals surface area contributed by atoms with Crippen LogP contribution in [-0.2, 0) is 19.1 Å². The van der Waals surface area contributed by atoms with Crippen LogP contribution in [0.2, 0.25) is 0 Å². The van der Waals surface area contributed by atoms with Crippen LogP contribution in [-0.4, -0.2) is 63.3 Å². The molecule has 3 unspecified atom stereocenters. The Hall–Kier alpha value is -1.40. The van der Waals surface area contributed by atoms with Crippen LogP contribution in [0.3, 0.4) is 0 Å². The number of carbonyl (C=O) groups is 2. The zero-order valence-electron chi connectivity index (χ0n) is 17.3. The molecule has 2 amide bonds. The Labute approximate surface area is 163 Å². The average Bonchev–Trinajstić information content (AvgIpc) is 2.66. The number of nitrogens with zero attached hydrogens (tertiary/aromatic N) is 1. The van der Waals surface area contributed by atoms with Gasteiger partial charge in [-0.25, -0.2) is 0 Å². The van der Waals surface area contributed by atoms with E-state index in [0.717, 1.165) is 6.42 Å². The zero-order chi connectivity index (χ0) is 19.8. The van der Waals surface area contributed by atoms with Crippen molar-refractivity contribution in [1.29, 1.82) is 0 Å². The van der Waals surface area contributed by atoms with E-state index in [0.29, 0.717) is 76.0 Å². The van der Waals surface area contributed by atoms with Crippen LogP contribution in [0.15, 0.2) is 11.6 Å². The van der Waals surface area contributed by atoms with E-state index in [4.69, 9.17) is 9.47 Å². The number of hydrogen-bond acceptors (Lipinski definition) is 4. The lowest BCUT2D eigenvalue weighted by atomic mass is 9.69. The van der Waals surface area contributed by atoms with Crippen molar-refractivity contribution < 1.29 is 19.1 Å². The summed E-state index contributed by atoms with van der Waals surface area (Å²) in [6.45, 7) is 10.4. The largest absolute Gasteiger partial charge is 0.384 e. The molecule has 6 nitrogen and oxygen atoms in total. The lowest BCUT2D eigenvalue weighted by molar-refractivity contribution is -0.136. The molecular formula is C21H36N2O4. The number of rotatable bonds is 8. The molecule has 0 spiro atoms. The highest BCUT2D eigenvalue weighted by Crippen LogP contribution is 2.39. The molecule has 2 aliphatic rings. The van der Waals surface area contributed by atoms with E-state index >= 15 is 0 Å². The van der Waals surface area contributed by atoms with Gasteiger partial charge in [-0.3, -0.25) is 9.59 Å². The molecule has 6 heteroatoms. The first-order valence-electron chi connectivity index (χ1n) is 10.2. The molecule has 154 valence electrons. The Morgan fingerprint density at radius 3 is 2.67 bits per heavy atom. The summed E-state index contributed by atoms with van der Waals surface area (Å²) in [7, 11) is 1.60. The third kappa shape index (κ3) is 6.61. The van der Waals surface area contributed by atoms with E-state index < -0.39 is 0 Å². The Kier molecular flexibility index (Phi) is 8.77. The fraction of sp³-hybridized carbons (Fsp3) is 0.810. The highest BCUT2D eigenvalue weighted by atomic mass is 16.5. The molecule has 1 fully saturated rings. The van der Waals surface area contributed by atoms with Gasteiger partial charge >= 0.3 is 0 Å². The minimum absolute atomic E-state index is 0.0371. The smallest absolute Gasteiger partial charge is 0.223 e. The summed E-state index contributed by atoms with van der Waals surface area (Å²) in [5.74, 6) is 1.88. The number of ether oxygens (including phenoxy) is 2. The summed E-state index contributed by atoms with van der Waals surface area (Å²) in [6, 6.07) is 0. The van der Waals surface area contributed by atoms with Gasteiger partial charge in [0.2, 0.25) is 11.8 Å². The van der Waals surface area contributed by atoms with Gasteiger partial charge < -0.3 is 19.7 Å². The lowest BCUT2D eigenvalue weighted by Crippen LogP contribution is -2.42. The maximum Gasteiger partial charge on any atom is 0.223 e. The molecule has 27 heavy (non-hydrogen) atoms. The summed E-state index contributed by atoms with van der Waals surface area (Å²) in [5.41, 5.74) is 1.28. The van der Waals surface area contributed by atoms with Gasteiger partial charge in [0.25, 0.3) is 0 Å². The van der Waals surface area contributed by atoms with Crippen LogP contribution in [0.1, 0.15) is 40.0 Å². The highest BCUT2D eigenvalue weighted by Gasteiger charge is 2.33. The fourth-order valence-electron chi connectivity index (χ4n) is 4.18. The van der Waals surface area contributed by atoms with Crippen molar-refractivity contribution in [3.63, 3.8) is 0 Å². The predicted molar refractivity (Wildman–Crippen MR) is 105 cm³/mol. The van der Waals surface area contributed by atoms with E-state index in [1.54, 1.807) is 7.11 Å². The first kappa shape index (κ1) is 21.9. The molecule has 2 rings (SSSR count). The molecule has 1 saturated heterocycles. The minimum Gasteiger partial charge on any atom is -0.384 e. The minimum atomic E-state index is 0.0371. The van der Waals surface area contributed by atoms with Gasteiger partial charge in [-0.2, -0.15) is 0 Å². The van der Waals surface area contributed by atoms with Crippen LogP contribution >= 0.6 is 0 Å². The monoisotopic (exact) mass is 380 g/mol. The summed E-state index contributed by atoms with van der Waals surface area (Å²) < 4.78 is 10.3. The number of allylic oxidation sites excluding steroid dienone is 1. The third-order valence-corrected chi connectivity index (χ3v) is 5.94. The van der Waals surface area contributed by atoms with Crippen molar-refractivity contribution in [3.05, 3.63) is 11.6 Å². The summed E-state index contributed by atoms with van der Waals surface area (Å²) in [5, 5.41) is 3.05. The summed E-state index contributed by atoms with van der Waals surface area (Å²) in [6.07, 6.45) is 4.28. The van der Waals surface area contributed by atoms with Crippen LogP contribution in [0.4, 0.5) is 0 Å². The van der Waals surface area contributed by atoms with Crippen molar-refractivity contribution in [2.45, 2.75) is 40.0 Å². The van der Waals surface area contributed by atoms with Gasteiger partial charge in [-0.05, 0) is 37.0 Å². The fourth-order valence-corrected chi connectivity index (χ4v) is 4.18. The van der Waals surface area contributed by atoms with Crippen molar-refractivity contribution in [2.24, 2.45) is 23.7 Å². The summed E-state index contributed by atoms with van der Waals surface area (Å²) in [4.78, 5) is 26.5. The molecule has 1 heterocycles. The molecule has 1 aliphatic heterocycles. The van der Waals surface area contributed by atoms with E-state index in [2.05, 4.69) is 32.2 Å². The van der Waals surface area contributed by atoms with Crippen molar-refractivity contribution in [3.8, 4) is 0 Å². The quantitative estimate of drug-likeness (QED) is 0.656. The second-order valence-electron chi connectivity index (χ2n) is 8.16. The first-order chi connectivity index (χ1) is 12.9. The second-order valence-corrected chi connectivity index (χ2v) is 8.16. The Balaban J connectivity index is 1.95. The molecule has 0 bridgehead atoms. The normalized spacial score (nSPS) is 26.0. The number of hydrogen-bond donors (Lipinski definition) is 1. The number of methoxy groups -OCH3 is 1. The molecule has 3 atom stereocenters. The Morgan fingerprint density at radius 1 is 1.33 bits per heavy atom. The van der Waals surface area contributed by atoms with E-state index in [9.17, 15) is 9.59 Å². The van der Waals surface area contributed by atoms with Crippen LogP contribution in [0.5, 0.6) is 0 Å². The van der Waals surface area contributed by atoms with E-state index in [1.807, 2.05) is 4.90 Å². The lowest BCUT2D eigenvalue weighted by Gasteiger charge is -2.38. The van der Waals surface area contributed by atoms with Gasteiger partial charge in [-0.1, -0.05) is 25.5 Å². The molecule has 0 aromatic rings. The predicted octanol–water partition coefficient (Wildman–Crippen LogP) is 2.24. The second kappa shape index (κ2) is 10.8. The average molecular weight is 381 g/mol. The molecule has 0 aromatic carbocycles. The Bertz CT molecular complexity index is 526. The summed E-state index contributed by atoms with van der Waals surface area (Å²) >= 11 is 0. The number of carbonyl (C=O) groups excluding carboxylic acids is 2. The molecule has 0 radical (unpaired) electrons. The molecule has 0 aromatic heterocycles. The number of nitrogens with one attached hydrogen (secondary N) is 1. The van der Waals surface area contributed by atoms with Gasteiger partial charge in [0, 0.05) is 39.6 Å². The Morgan fingerprint density at radius 2 is 2.04 bits per heavy atom. The van der Waals surface area contributed by atoms with Gasteiger partial charge in [0.15, 0.2) is 0 Å². The number of morpholine rings is 1. The van der Waals surface area contributed by atoms with Gasteiger partial charge in [0.05, 0.1) is 19.8 Å². The van der Waals surface area contributed by atoms with Crippen LogP contribution in [0.25, 0.3) is 0 Å². The molecule has 1 aliphatic carbocycles. The van der Waals surface area contributed by atoms with E-state index in [-0.39, 0.29) is 11.8 Å². The SMILES string of the molecule is COCCC(=O)NCC1C=C(C)C(CC(=O)N2CCOCC2)CC1C(C)C. The maximum absolute atomic E-state index is 12.7. The van der Waals surface area contributed by atoms with Gasteiger partial charge in [0.1, 0.15) is 0 Å². The maximum atomic E-state index is 12.7. The molecule has 0 saturated carbocycles. The third-order valence-electron chi connectivity index (χ3n) is 5.94. The van der Waals surface area contributed by atoms with Crippen molar-refractivity contribution in [2.75, 3.05) is 46.6 Å². The first-order valence-corrected chi connectivity index (χ1v) is 10.2.